The van der Waals surface area contributed by atoms with E-state index >= 15 is 0 Å². The number of nitrogens with one attached hydrogen (secondary N) is 2. The second kappa shape index (κ2) is 10.3. The van der Waals surface area contributed by atoms with Crippen LogP contribution in [0.15, 0.2) is 76.5 Å². The molecule has 0 aliphatic carbocycles. The average molecular weight is 469 g/mol. The fourth-order valence-corrected chi connectivity index (χ4v) is 5.91. The summed E-state index contributed by atoms with van der Waals surface area (Å²) in [5.41, 5.74) is 3.79. The summed E-state index contributed by atoms with van der Waals surface area (Å²) < 4.78 is 29.4. The third kappa shape index (κ3) is 6.00. The summed E-state index contributed by atoms with van der Waals surface area (Å²) in [5, 5.41) is 2.87. The van der Waals surface area contributed by atoms with Gasteiger partial charge in [0.2, 0.25) is 15.9 Å². The van der Waals surface area contributed by atoms with Crippen LogP contribution in [-0.4, -0.2) is 26.6 Å². The Morgan fingerprint density at radius 3 is 2.22 bits per heavy atom. The molecule has 2 N–H and O–H groups in total. The maximum absolute atomic E-state index is 13.3. The molecule has 0 saturated carbocycles. The zero-order valence-corrected chi connectivity index (χ0v) is 20.3. The molecule has 0 radical (unpaired) electrons. The summed E-state index contributed by atoms with van der Waals surface area (Å²) in [6.07, 6.45) is 2.19. The molecular weight excluding hydrogens is 440 g/mol. The first-order valence-electron chi connectivity index (χ1n) is 10.3. The lowest BCUT2D eigenvalue weighted by atomic mass is 10.1. The number of aryl methyl sites for hydroxylation is 3. The van der Waals surface area contributed by atoms with Crippen molar-refractivity contribution in [3.8, 4) is 0 Å². The van der Waals surface area contributed by atoms with Crippen LogP contribution in [0.5, 0.6) is 0 Å². The molecule has 1 amide bonds. The Labute approximate surface area is 194 Å². The Bertz CT molecular complexity index is 1190. The fourth-order valence-electron chi connectivity index (χ4n) is 3.80. The number of anilines is 1. The van der Waals surface area contributed by atoms with E-state index in [0.717, 1.165) is 16.0 Å². The number of rotatable bonds is 8. The first-order chi connectivity index (χ1) is 15.2. The number of carbonyl (C=O) groups excluding carboxylic acids is 1. The highest BCUT2D eigenvalue weighted by molar-refractivity contribution is 7.98. The second-order valence-electron chi connectivity index (χ2n) is 7.81. The van der Waals surface area contributed by atoms with Crippen LogP contribution >= 0.6 is 11.8 Å². The highest BCUT2D eigenvalue weighted by atomic mass is 32.2. The van der Waals surface area contributed by atoms with Crippen LogP contribution < -0.4 is 10.0 Å². The number of benzene rings is 3. The monoisotopic (exact) mass is 468 g/mol. The van der Waals surface area contributed by atoms with Gasteiger partial charge >= 0.3 is 0 Å². The number of hydrogen-bond donors (Lipinski definition) is 2. The second-order valence-corrected chi connectivity index (χ2v) is 10.3. The zero-order chi connectivity index (χ0) is 23.3. The largest absolute Gasteiger partial charge is 0.325 e. The predicted octanol–water partition coefficient (Wildman–Crippen LogP) is 4.86. The van der Waals surface area contributed by atoms with Gasteiger partial charge in [0, 0.05) is 10.6 Å². The van der Waals surface area contributed by atoms with Crippen molar-refractivity contribution in [2.75, 3.05) is 11.6 Å². The molecule has 32 heavy (non-hydrogen) atoms. The molecule has 5 nitrogen and oxygen atoms in total. The Hall–Kier alpha value is -2.61. The molecule has 1 atom stereocenters. The van der Waals surface area contributed by atoms with Crippen LogP contribution in [0, 0.1) is 20.8 Å². The van der Waals surface area contributed by atoms with E-state index in [1.54, 1.807) is 31.7 Å². The smallest absolute Gasteiger partial charge is 0.242 e. The summed E-state index contributed by atoms with van der Waals surface area (Å²) in [7, 11) is -3.92. The number of thioether (sulfide) groups is 1. The predicted molar refractivity (Wildman–Crippen MR) is 132 cm³/mol. The Morgan fingerprint density at radius 2 is 1.59 bits per heavy atom. The lowest BCUT2D eigenvalue weighted by Crippen LogP contribution is -2.45. The summed E-state index contributed by atoms with van der Waals surface area (Å²) in [6, 6.07) is 19.6. The number of hydrogen-bond acceptors (Lipinski definition) is 4. The summed E-state index contributed by atoms with van der Waals surface area (Å²) >= 11 is 1.57. The summed E-state index contributed by atoms with van der Waals surface area (Å²) in [4.78, 5) is 14.4. The van der Waals surface area contributed by atoms with Gasteiger partial charge in [-0.05, 0) is 68.3 Å². The molecule has 0 aliphatic heterocycles. The van der Waals surface area contributed by atoms with Crippen molar-refractivity contribution >= 4 is 33.4 Å². The Balaban J connectivity index is 1.93. The van der Waals surface area contributed by atoms with Crippen LogP contribution in [0.25, 0.3) is 0 Å². The molecule has 3 aromatic rings. The lowest BCUT2D eigenvalue weighted by Gasteiger charge is -2.21. The van der Waals surface area contributed by atoms with E-state index < -0.39 is 22.0 Å². The Morgan fingerprint density at radius 1 is 0.938 bits per heavy atom. The van der Waals surface area contributed by atoms with Crippen molar-refractivity contribution in [1.29, 1.82) is 0 Å². The molecule has 0 bridgehead atoms. The number of carbonyl (C=O) groups is 1. The maximum atomic E-state index is 13.3. The standard InChI is InChI=1S/C25H28N2O3S2/c1-17-13-18(2)24(19(3)14-17)32(29,30)27-23(15-20-9-6-5-7-10-20)25(28)26-21-11-8-12-22(16-21)31-4/h5-14,16,23,27H,15H2,1-4H3,(H,26,28)/t23-/m1/s1. The topological polar surface area (TPSA) is 75.3 Å². The molecular formula is C25H28N2O3S2. The van der Waals surface area contributed by atoms with E-state index in [2.05, 4.69) is 10.0 Å². The molecule has 0 aliphatic rings. The SMILES string of the molecule is CSc1cccc(NC(=O)[C@@H](Cc2ccccc2)NS(=O)(=O)c2c(C)cc(C)cc2C)c1. The minimum absolute atomic E-state index is 0.221. The molecule has 0 heterocycles. The van der Waals surface area contributed by atoms with Gasteiger partial charge in [0.15, 0.2) is 0 Å². The van der Waals surface area contributed by atoms with Crippen molar-refractivity contribution in [3.05, 3.63) is 89.0 Å². The molecule has 3 aromatic carbocycles. The van der Waals surface area contributed by atoms with E-state index in [9.17, 15) is 13.2 Å². The van der Waals surface area contributed by atoms with Gasteiger partial charge in [0.05, 0.1) is 4.90 Å². The van der Waals surface area contributed by atoms with Gasteiger partial charge < -0.3 is 5.32 Å². The minimum atomic E-state index is -3.92. The number of amides is 1. The van der Waals surface area contributed by atoms with Gasteiger partial charge in [0.1, 0.15) is 6.04 Å². The fraction of sp³-hybridized carbons (Fsp3) is 0.240. The van der Waals surface area contributed by atoms with E-state index in [0.29, 0.717) is 16.8 Å². The van der Waals surface area contributed by atoms with E-state index in [4.69, 9.17) is 0 Å². The number of sulfonamides is 1. The van der Waals surface area contributed by atoms with Crippen molar-refractivity contribution in [2.24, 2.45) is 0 Å². The van der Waals surface area contributed by atoms with E-state index in [-0.39, 0.29) is 11.3 Å². The lowest BCUT2D eigenvalue weighted by molar-refractivity contribution is -0.117. The minimum Gasteiger partial charge on any atom is -0.325 e. The maximum Gasteiger partial charge on any atom is 0.242 e. The molecule has 0 fully saturated rings. The first kappa shape index (κ1) is 24.0. The van der Waals surface area contributed by atoms with Gasteiger partial charge in [-0.15, -0.1) is 11.8 Å². The van der Waals surface area contributed by atoms with Crippen LogP contribution in [0.2, 0.25) is 0 Å². The molecule has 0 aromatic heterocycles. The Kier molecular flexibility index (Phi) is 7.77. The quantitative estimate of drug-likeness (QED) is 0.463. The van der Waals surface area contributed by atoms with Gasteiger partial charge in [-0.2, -0.15) is 4.72 Å². The van der Waals surface area contributed by atoms with Crippen LogP contribution in [0.3, 0.4) is 0 Å². The van der Waals surface area contributed by atoms with E-state index in [1.165, 1.54) is 0 Å². The van der Waals surface area contributed by atoms with Crippen molar-refractivity contribution in [1.82, 2.24) is 4.72 Å². The highest BCUT2D eigenvalue weighted by Gasteiger charge is 2.28. The molecule has 0 spiro atoms. The molecule has 0 saturated heterocycles. The van der Waals surface area contributed by atoms with Crippen LogP contribution in [0.1, 0.15) is 22.3 Å². The van der Waals surface area contributed by atoms with Crippen molar-refractivity contribution in [3.63, 3.8) is 0 Å². The van der Waals surface area contributed by atoms with Gasteiger partial charge in [-0.25, -0.2) is 8.42 Å². The van der Waals surface area contributed by atoms with E-state index in [1.807, 2.05) is 73.8 Å². The first-order valence-corrected chi connectivity index (χ1v) is 13.0. The van der Waals surface area contributed by atoms with Crippen LogP contribution in [0.4, 0.5) is 5.69 Å². The van der Waals surface area contributed by atoms with Crippen molar-refractivity contribution < 1.29 is 13.2 Å². The molecule has 7 heteroatoms. The normalized spacial score (nSPS) is 12.4. The third-order valence-corrected chi connectivity index (χ3v) is 7.61. The van der Waals surface area contributed by atoms with Gasteiger partial charge in [-0.1, -0.05) is 54.1 Å². The van der Waals surface area contributed by atoms with Gasteiger partial charge in [0.25, 0.3) is 0 Å². The molecule has 0 unspecified atom stereocenters. The molecule has 168 valence electrons. The summed E-state index contributed by atoms with van der Waals surface area (Å²) in [6.45, 7) is 5.47. The van der Waals surface area contributed by atoms with Gasteiger partial charge in [-0.3, -0.25) is 4.79 Å². The van der Waals surface area contributed by atoms with Crippen molar-refractivity contribution in [2.45, 2.75) is 43.0 Å². The third-order valence-electron chi connectivity index (χ3n) is 5.11. The van der Waals surface area contributed by atoms with Crippen LogP contribution in [-0.2, 0) is 21.2 Å². The summed E-state index contributed by atoms with van der Waals surface area (Å²) in [5.74, 6) is -0.405. The highest BCUT2D eigenvalue weighted by Crippen LogP contribution is 2.23. The molecule has 3 rings (SSSR count). The zero-order valence-electron chi connectivity index (χ0n) is 18.7. The average Bonchev–Trinajstić information content (AvgIpc) is 2.73.